The number of nitro groups is 1. The molecule has 7 heteroatoms. The van der Waals surface area contributed by atoms with Crippen LogP contribution in [0.1, 0.15) is 17.5 Å². The van der Waals surface area contributed by atoms with Crippen molar-refractivity contribution in [1.82, 2.24) is 4.98 Å². The highest BCUT2D eigenvalue weighted by molar-refractivity contribution is 5.57. The third kappa shape index (κ3) is 4.11. The Balaban J connectivity index is 1.57. The molecule has 1 atom stereocenters. The van der Waals surface area contributed by atoms with Crippen molar-refractivity contribution in [1.29, 1.82) is 5.26 Å². The molecule has 0 amide bonds. The van der Waals surface area contributed by atoms with E-state index in [4.69, 9.17) is 4.74 Å². The highest BCUT2D eigenvalue weighted by atomic mass is 16.6. The molecule has 3 rings (SSSR count). The van der Waals surface area contributed by atoms with Crippen LogP contribution >= 0.6 is 0 Å². The van der Waals surface area contributed by atoms with Gasteiger partial charge in [0.15, 0.2) is 0 Å². The van der Waals surface area contributed by atoms with Crippen molar-refractivity contribution >= 4 is 11.5 Å². The molecule has 0 aliphatic carbocycles. The van der Waals surface area contributed by atoms with E-state index in [1.54, 1.807) is 0 Å². The maximum Gasteiger partial charge on any atom is 0.289 e. The van der Waals surface area contributed by atoms with Crippen molar-refractivity contribution in [2.75, 3.05) is 24.6 Å². The molecular weight excluding hydrogens is 320 g/mol. The summed E-state index contributed by atoms with van der Waals surface area (Å²) in [5.41, 5.74) is 1.21. The number of nitriles is 1. The van der Waals surface area contributed by atoms with E-state index in [1.807, 2.05) is 41.3 Å². The van der Waals surface area contributed by atoms with E-state index in [1.165, 1.54) is 12.3 Å². The summed E-state index contributed by atoms with van der Waals surface area (Å²) in [4.78, 5) is 16.4. The Bertz CT molecular complexity index is 789. The molecule has 25 heavy (non-hydrogen) atoms. The minimum atomic E-state index is -0.540. The molecule has 2 heterocycles. The zero-order chi connectivity index (χ0) is 17.6. The highest BCUT2D eigenvalue weighted by Crippen LogP contribution is 2.27. The SMILES string of the molecule is N#Cc1cc([N+](=O)[O-])cnc1N1CC[C@H](COCc2ccccc2)C1. The molecule has 1 aromatic heterocycles. The molecule has 1 aliphatic rings. The molecule has 2 aromatic rings. The summed E-state index contributed by atoms with van der Waals surface area (Å²) in [5.74, 6) is 0.867. The molecule has 0 radical (unpaired) electrons. The van der Waals surface area contributed by atoms with Crippen LogP contribution in [0, 0.1) is 27.4 Å². The van der Waals surface area contributed by atoms with Crippen LogP contribution in [0.3, 0.4) is 0 Å². The predicted molar refractivity (Wildman–Crippen MR) is 92.0 cm³/mol. The van der Waals surface area contributed by atoms with Crippen LogP contribution in [0.2, 0.25) is 0 Å². The number of aromatic nitrogens is 1. The van der Waals surface area contributed by atoms with Gasteiger partial charge in [0, 0.05) is 25.1 Å². The van der Waals surface area contributed by atoms with Gasteiger partial charge in [-0.3, -0.25) is 10.1 Å². The van der Waals surface area contributed by atoms with Crippen molar-refractivity contribution in [3.63, 3.8) is 0 Å². The van der Waals surface area contributed by atoms with E-state index in [0.717, 1.165) is 25.1 Å². The summed E-state index contributed by atoms with van der Waals surface area (Å²) >= 11 is 0. The van der Waals surface area contributed by atoms with Gasteiger partial charge in [0.25, 0.3) is 5.69 Å². The second-order valence-electron chi connectivity index (χ2n) is 6.04. The van der Waals surface area contributed by atoms with Gasteiger partial charge >= 0.3 is 0 Å². The van der Waals surface area contributed by atoms with Crippen molar-refractivity contribution < 1.29 is 9.66 Å². The first kappa shape index (κ1) is 16.9. The molecule has 0 N–H and O–H groups in total. The van der Waals surface area contributed by atoms with Crippen molar-refractivity contribution in [2.24, 2.45) is 5.92 Å². The van der Waals surface area contributed by atoms with Gasteiger partial charge in [-0.1, -0.05) is 30.3 Å². The van der Waals surface area contributed by atoms with E-state index >= 15 is 0 Å². The molecule has 1 fully saturated rings. The zero-order valence-electron chi connectivity index (χ0n) is 13.7. The van der Waals surface area contributed by atoms with Gasteiger partial charge < -0.3 is 9.64 Å². The molecule has 7 nitrogen and oxygen atoms in total. The van der Waals surface area contributed by atoms with Gasteiger partial charge in [0.05, 0.1) is 18.1 Å². The quantitative estimate of drug-likeness (QED) is 0.594. The third-order valence-electron chi connectivity index (χ3n) is 4.23. The summed E-state index contributed by atoms with van der Waals surface area (Å²) in [6, 6.07) is 13.3. The number of benzene rings is 1. The van der Waals surface area contributed by atoms with Crippen molar-refractivity contribution in [2.45, 2.75) is 13.0 Å². The van der Waals surface area contributed by atoms with E-state index in [-0.39, 0.29) is 11.3 Å². The van der Waals surface area contributed by atoms with Crippen LogP contribution in [-0.4, -0.2) is 29.6 Å². The fraction of sp³-hybridized carbons (Fsp3) is 0.333. The van der Waals surface area contributed by atoms with Gasteiger partial charge in [-0.05, 0) is 12.0 Å². The fourth-order valence-corrected chi connectivity index (χ4v) is 2.96. The normalized spacial score (nSPS) is 16.6. The first-order valence-electron chi connectivity index (χ1n) is 8.08. The topological polar surface area (TPSA) is 92.3 Å². The Labute approximate surface area is 145 Å². The Hall–Kier alpha value is -2.98. The Morgan fingerprint density at radius 1 is 1.40 bits per heavy atom. The van der Waals surface area contributed by atoms with E-state index in [2.05, 4.69) is 4.98 Å². The smallest absolute Gasteiger partial charge is 0.289 e. The third-order valence-corrected chi connectivity index (χ3v) is 4.23. The van der Waals surface area contributed by atoms with Gasteiger partial charge in [-0.25, -0.2) is 4.98 Å². The largest absolute Gasteiger partial charge is 0.376 e. The maximum atomic E-state index is 10.8. The minimum Gasteiger partial charge on any atom is -0.376 e. The lowest BCUT2D eigenvalue weighted by molar-refractivity contribution is -0.385. The average Bonchev–Trinajstić information content (AvgIpc) is 3.10. The van der Waals surface area contributed by atoms with Gasteiger partial charge in [-0.15, -0.1) is 0 Å². The number of pyridine rings is 1. The molecule has 1 aliphatic heterocycles. The van der Waals surface area contributed by atoms with Crippen molar-refractivity contribution in [3.05, 3.63) is 63.8 Å². The van der Waals surface area contributed by atoms with Crippen LogP contribution in [0.5, 0.6) is 0 Å². The summed E-state index contributed by atoms with van der Waals surface area (Å²) in [6.07, 6.45) is 2.15. The number of ether oxygens (including phenoxy) is 1. The van der Waals surface area contributed by atoms with E-state index < -0.39 is 4.92 Å². The average molecular weight is 338 g/mol. The Morgan fingerprint density at radius 3 is 2.92 bits per heavy atom. The highest BCUT2D eigenvalue weighted by Gasteiger charge is 2.26. The van der Waals surface area contributed by atoms with Crippen molar-refractivity contribution in [3.8, 4) is 6.07 Å². The number of hydrogen-bond donors (Lipinski definition) is 0. The van der Waals surface area contributed by atoms with Crippen LogP contribution in [0.15, 0.2) is 42.6 Å². The summed E-state index contributed by atoms with van der Waals surface area (Å²) in [5, 5.41) is 20.1. The number of anilines is 1. The maximum absolute atomic E-state index is 10.8. The first-order chi connectivity index (χ1) is 12.2. The molecule has 0 unspecified atom stereocenters. The molecule has 0 bridgehead atoms. The molecule has 0 spiro atoms. The molecule has 128 valence electrons. The summed E-state index contributed by atoms with van der Waals surface area (Å²) in [6.45, 7) is 2.71. The lowest BCUT2D eigenvalue weighted by Crippen LogP contribution is -2.23. The Morgan fingerprint density at radius 2 is 2.20 bits per heavy atom. The van der Waals surface area contributed by atoms with Gasteiger partial charge in [0.1, 0.15) is 23.6 Å². The molecule has 1 aromatic carbocycles. The Kier molecular flexibility index (Phi) is 5.21. The summed E-state index contributed by atoms with van der Waals surface area (Å²) in [7, 11) is 0. The zero-order valence-corrected chi connectivity index (χ0v) is 13.7. The van der Waals surface area contributed by atoms with Crippen LogP contribution in [-0.2, 0) is 11.3 Å². The van der Waals surface area contributed by atoms with Gasteiger partial charge in [0.2, 0.25) is 0 Å². The lowest BCUT2D eigenvalue weighted by Gasteiger charge is -2.18. The fourth-order valence-electron chi connectivity index (χ4n) is 2.96. The standard InChI is InChI=1S/C18H18N4O3/c19-9-16-8-17(22(23)24)10-20-18(16)21-7-6-15(11-21)13-25-12-14-4-2-1-3-5-14/h1-5,8,10,15H,6-7,11-13H2/t15-/m0/s1. The first-order valence-corrected chi connectivity index (χ1v) is 8.08. The number of nitrogens with zero attached hydrogens (tertiary/aromatic N) is 4. The second kappa shape index (κ2) is 7.73. The lowest BCUT2D eigenvalue weighted by atomic mass is 10.1. The van der Waals surface area contributed by atoms with E-state index in [9.17, 15) is 15.4 Å². The van der Waals surface area contributed by atoms with Crippen LogP contribution in [0.25, 0.3) is 0 Å². The summed E-state index contributed by atoms with van der Waals surface area (Å²) < 4.78 is 5.79. The van der Waals surface area contributed by atoms with Gasteiger partial charge in [-0.2, -0.15) is 5.26 Å². The minimum absolute atomic E-state index is 0.165. The monoisotopic (exact) mass is 338 g/mol. The van der Waals surface area contributed by atoms with Crippen LogP contribution < -0.4 is 4.90 Å². The van der Waals surface area contributed by atoms with Crippen LogP contribution in [0.4, 0.5) is 11.5 Å². The molecule has 1 saturated heterocycles. The number of hydrogen-bond acceptors (Lipinski definition) is 6. The number of rotatable bonds is 6. The second-order valence-corrected chi connectivity index (χ2v) is 6.04. The van der Waals surface area contributed by atoms with E-state index in [0.29, 0.717) is 24.9 Å². The molecule has 0 saturated carbocycles. The predicted octanol–water partition coefficient (Wildman–Crippen LogP) is 2.90. The molecular formula is C18H18N4O3.